The van der Waals surface area contributed by atoms with Gasteiger partial charge >= 0.3 is 5.97 Å². The first-order valence-corrected chi connectivity index (χ1v) is 5.43. The zero-order valence-corrected chi connectivity index (χ0v) is 9.67. The summed E-state index contributed by atoms with van der Waals surface area (Å²) >= 11 is 0. The number of halogens is 2. The van der Waals surface area contributed by atoms with E-state index < -0.39 is 17.6 Å². The number of H-pyrrole nitrogens is 1. The van der Waals surface area contributed by atoms with E-state index in [-0.39, 0.29) is 23.4 Å². The third-order valence-electron chi connectivity index (χ3n) is 2.43. The highest BCUT2D eigenvalue weighted by molar-refractivity contribution is 5.90. The van der Waals surface area contributed by atoms with Crippen LogP contribution >= 0.6 is 0 Å². The molecule has 0 aliphatic heterocycles. The minimum Gasteiger partial charge on any atom is -0.462 e. The normalized spacial score (nSPS) is 10.4. The Kier molecular flexibility index (Phi) is 3.41. The number of benzene rings is 1. The van der Waals surface area contributed by atoms with Crippen molar-refractivity contribution in [2.24, 2.45) is 0 Å². The molecule has 2 rings (SSSR count). The van der Waals surface area contributed by atoms with Crippen LogP contribution in [-0.4, -0.2) is 17.6 Å². The Bertz CT molecular complexity index is 558. The Hall–Kier alpha value is -2.17. The van der Waals surface area contributed by atoms with Crippen LogP contribution in [0.1, 0.15) is 17.3 Å². The predicted octanol–water partition coefficient (Wildman–Crippen LogP) is 3.14. The lowest BCUT2D eigenvalue weighted by molar-refractivity contribution is 0.0526. The molecular formula is C13H11F2NO2. The topological polar surface area (TPSA) is 42.1 Å². The third kappa shape index (κ3) is 2.25. The fourth-order valence-corrected chi connectivity index (χ4v) is 1.63. The van der Waals surface area contributed by atoms with Crippen molar-refractivity contribution in [2.45, 2.75) is 6.92 Å². The summed E-state index contributed by atoms with van der Waals surface area (Å²) < 4.78 is 31.8. The monoisotopic (exact) mass is 251 g/mol. The first-order valence-electron chi connectivity index (χ1n) is 5.43. The Balaban J connectivity index is 2.38. The second-order valence-corrected chi connectivity index (χ2v) is 3.62. The van der Waals surface area contributed by atoms with Gasteiger partial charge in [-0.2, -0.15) is 0 Å². The quantitative estimate of drug-likeness (QED) is 0.851. The summed E-state index contributed by atoms with van der Waals surface area (Å²) in [7, 11) is 0. The van der Waals surface area contributed by atoms with Crippen LogP contribution in [0.2, 0.25) is 0 Å². The zero-order valence-electron chi connectivity index (χ0n) is 9.67. The number of hydrogen-bond acceptors (Lipinski definition) is 2. The molecule has 0 saturated carbocycles. The molecule has 0 bridgehead atoms. The second-order valence-electron chi connectivity index (χ2n) is 3.62. The van der Waals surface area contributed by atoms with E-state index in [0.29, 0.717) is 0 Å². The molecule has 94 valence electrons. The fourth-order valence-electron chi connectivity index (χ4n) is 1.63. The molecule has 0 saturated heterocycles. The highest BCUT2D eigenvalue weighted by atomic mass is 19.1. The van der Waals surface area contributed by atoms with E-state index in [1.165, 1.54) is 18.3 Å². The van der Waals surface area contributed by atoms with Gasteiger partial charge in [-0.15, -0.1) is 0 Å². The Labute approximate surface area is 102 Å². The first-order chi connectivity index (χ1) is 8.63. The minimum atomic E-state index is -0.688. The van der Waals surface area contributed by atoms with Crippen LogP contribution in [0.4, 0.5) is 8.78 Å². The van der Waals surface area contributed by atoms with Crippen LogP contribution < -0.4 is 0 Å². The van der Waals surface area contributed by atoms with E-state index in [1.807, 2.05) is 0 Å². The van der Waals surface area contributed by atoms with Crippen molar-refractivity contribution in [3.63, 3.8) is 0 Å². The van der Waals surface area contributed by atoms with Crippen molar-refractivity contribution >= 4 is 5.97 Å². The maximum atomic E-state index is 13.5. The van der Waals surface area contributed by atoms with Crippen LogP contribution in [0.25, 0.3) is 11.3 Å². The van der Waals surface area contributed by atoms with Gasteiger partial charge in [-0.05, 0) is 25.1 Å². The predicted molar refractivity (Wildman–Crippen MR) is 62.1 cm³/mol. The van der Waals surface area contributed by atoms with Gasteiger partial charge in [-0.25, -0.2) is 13.6 Å². The summed E-state index contributed by atoms with van der Waals surface area (Å²) in [5, 5.41) is 0. The molecule has 0 radical (unpaired) electrons. The Morgan fingerprint density at radius 3 is 2.61 bits per heavy atom. The molecule has 0 aliphatic carbocycles. The number of aromatic amines is 1. The summed E-state index contributed by atoms with van der Waals surface area (Å²) in [6.45, 7) is 1.93. The highest BCUT2D eigenvalue weighted by Gasteiger charge is 2.15. The average Bonchev–Trinajstić information content (AvgIpc) is 2.78. The number of carbonyl (C=O) groups excluding carboxylic acids is 1. The number of aromatic nitrogens is 1. The number of ether oxygens (including phenoxy) is 1. The van der Waals surface area contributed by atoms with Gasteiger partial charge in [-0.1, -0.05) is 6.07 Å². The molecule has 0 spiro atoms. The standard InChI is InChI=1S/C13H11F2NO2/c1-2-18-13(17)8-6-11(16-7-8)12-9(14)4-3-5-10(12)15/h3-7,16H,2H2,1H3. The summed E-state index contributed by atoms with van der Waals surface area (Å²) in [6, 6.07) is 4.95. The Morgan fingerprint density at radius 2 is 2.00 bits per heavy atom. The van der Waals surface area contributed by atoms with E-state index >= 15 is 0 Å². The van der Waals surface area contributed by atoms with Crippen LogP contribution in [0.3, 0.4) is 0 Å². The molecule has 1 N–H and O–H groups in total. The van der Waals surface area contributed by atoms with E-state index in [9.17, 15) is 13.6 Å². The number of nitrogens with one attached hydrogen (secondary N) is 1. The molecule has 0 aliphatic rings. The maximum Gasteiger partial charge on any atom is 0.339 e. The summed E-state index contributed by atoms with van der Waals surface area (Å²) in [5.41, 5.74) is 0.246. The number of esters is 1. The molecule has 1 aromatic carbocycles. The third-order valence-corrected chi connectivity index (χ3v) is 2.43. The Morgan fingerprint density at radius 1 is 1.33 bits per heavy atom. The largest absolute Gasteiger partial charge is 0.462 e. The summed E-state index contributed by atoms with van der Waals surface area (Å²) in [4.78, 5) is 14.1. The van der Waals surface area contributed by atoms with Gasteiger partial charge in [0.15, 0.2) is 0 Å². The minimum absolute atomic E-state index is 0.187. The van der Waals surface area contributed by atoms with Crippen LogP contribution in [-0.2, 0) is 4.74 Å². The van der Waals surface area contributed by atoms with Gasteiger partial charge in [0.2, 0.25) is 0 Å². The molecule has 3 nitrogen and oxygen atoms in total. The lowest BCUT2D eigenvalue weighted by Gasteiger charge is -2.01. The molecular weight excluding hydrogens is 240 g/mol. The van der Waals surface area contributed by atoms with Crippen molar-refractivity contribution in [1.82, 2.24) is 4.98 Å². The van der Waals surface area contributed by atoms with Crippen molar-refractivity contribution in [1.29, 1.82) is 0 Å². The summed E-state index contributed by atoms with van der Waals surface area (Å²) in [6.07, 6.45) is 1.36. The smallest absolute Gasteiger partial charge is 0.339 e. The van der Waals surface area contributed by atoms with E-state index in [0.717, 1.165) is 12.1 Å². The lowest BCUT2D eigenvalue weighted by atomic mass is 10.1. The van der Waals surface area contributed by atoms with Crippen molar-refractivity contribution in [2.75, 3.05) is 6.61 Å². The van der Waals surface area contributed by atoms with Gasteiger partial charge < -0.3 is 9.72 Å². The molecule has 1 heterocycles. The second kappa shape index (κ2) is 5.00. The highest BCUT2D eigenvalue weighted by Crippen LogP contribution is 2.25. The molecule has 5 heteroatoms. The zero-order chi connectivity index (χ0) is 13.1. The number of carbonyl (C=O) groups is 1. The van der Waals surface area contributed by atoms with Gasteiger partial charge in [0, 0.05) is 6.20 Å². The van der Waals surface area contributed by atoms with Gasteiger partial charge in [0.25, 0.3) is 0 Å². The van der Waals surface area contributed by atoms with E-state index in [1.54, 1.807) is 6.92 Å². The molecule has 0 unspecified atom stereocenters. The summed E-state index contributed by atoms with van der Waals surface area (Å²) in [5.74, 6) is -1.91. The number of hydrogen-bond donors (Lipinski definition) is 1. The van der Waals surface area contributed by atoms with Gasteiger partial charge in [0.05, 0.1) is 23.4 Å². The number of rotatable bonds is 3. The van der Waals surface area contributed by atoms with Gasteiger partial charge in [-0.3, -0.25) is 0 Å². The maximum absolute atomic E-state index is 13.5. The van der Waals surface area contributed by atoms with Crippen molar-refractivity contribution < 1.29 is 18.3 Å². The molecule has 18 heavy (non-hydrogen) atoms. The van der Waals surface area contributed by atoms with Crippen LogP contribution in [0.5, 0.6) is 0 Å². The van der Waals surface area contributed by atoms with Gasteiger partial charge in [0.1, 0.15) is 11.6 Å². The molecule has 0 amide bonds. The van der Waals surface area contributed by atoms with Crippen molar-refractivity contribution in [3.8, 4) is 11.3 Å². The molecule has 0 atom stereocenters. The first kappa shape index (κ1) is 12.3. The molecule has 1 aromatic heterocycles. The van der Waals surface area contributed by atoms with Crippen LogP contribution in [0, 0.1) is 11.6 Å². The average molecular weight is 251 g/mol. The van der Waals surface area contributed by atoms with E-state index in [2.05, 4.69) is 4.98 Å². The fraction of sp³-hybridized carbons (Fsp3) is 0.154. The molecule has 0 fully saturated rings. The van der Waals surface area contributed by atoms with Crippen LogP contribution in [0.15, 0.2) is 30.5 Å². The molecule has 2 aromatic rings. The SMILES string of the molecule is CCOC(=O)c1c[nH]c(-c2c(F)cccc2F)c1. The van der Waals surface area contributed by atoms with E-state index in [4.69, 9.17) is 4.74 Å². The lowest BCUT2D eigenvalue weighted by Crippen LogP contribution is -2.02. The van der Waals surface area contributed by atoms with Crippen molar-refractivity contribution in [3.05, 3.63) is 47.7 Å².